The van der Waals surface area contributed by atoms with E-state index in [4.69, 9.17) is 4.42 Å². The molecule has 2 heterocycles. The number of hydrogen-bond acceptors (Lipinski definition) is 4. The van der Waals surface area contributed by atoms with E-state index >= 15 is 0 Å². The van der Waals surface area contributed by atoms with Crippen molar-refractivity contribution in [3.8, 4) is 0 Å². The van der Waals surface area contributed by atoms with Crippen LogP contribution in [0.1, 0.15) is 20.9 Å². The maximum Gasteiger partial charge on any atom is 0.291 e. The van der Waals surface area contributed by atoms with E-state index in [-0.39, 0.29) is 17.2 Å². The lowest BCUT2D eigenvalue weighted by Crippen LogP contribution is -2.22. The third-order valence-electron chi connectivity index (χ3n) is 3.21. The number of aromatic amines is 1. The molecule has 0 radical (unpaired) electrons. The van der Waals surface area contributed by atoms with Gasteiger partial charge in [0.2, 0.25) is 0 Å². The number of hydrogen-bond donors (Lipinski definition) is 3. The van der Waals surface area contributed by atoms with E-state index < -0.39 is 11.5 Å². The molecule has 3 aromatic rings. The van der Waals surface area contributed by atoms with Gasteiger partial charge in [-0.1, -0.05) is 0 Å². The summed E-state index contributed by atoms with van der Waals surface area (Å²) in [7, 11) is 0. The summed E-state index contributed by atoms with van der Waals surface area (Å²) < 4.78 is 5.00. The zero-order valence-electron chi connectivity index (χ0n) is 12.4. The van der Waals surface area contributed by atoms with Crippen molar-refractivity contribution in [2.75, 3.05) is 10.6 Å². The Morgan fingerprint density at radius 3 is 2.12 bits per heavy atom. The molecule has 2 amide bonds. The van der Waals surface area contributed by atoms with Crippen molar-refractivity contribution in [1.29, 1.82) is 0 Å². The van der Waals surface area contributed by atoms with Crippen molar-refractivity contribution < 1.29 is 14.0 Å². The van der Waals surface area contributed by atoms with Gasteiger partial charge in [0, 0.05) is 17.6 Å². The molecule has 0 spiro atoms. The Balaban J connectivity index is 1.66. The van der Waals surface area contributed by atoms with Crippen molar-refractivity contribution >= 4 is 23.2 Å². The maximum atomic E-state index is 12.0. The molecule has 1 aromatic carbocycles. The molecular weight excluding hydrogens is 310 g/mol. The summed E-state index contributed by atoms with van der Waals surface area (Å²) in [5.74, 6) is -0.674. The van der Waals surface area contributed by atoms with Crippen LogP contribution in [0.25, 0.3) is 0 Å². The molecule has 0 saturated carbocycles. The number of pyridine rings is 1. The molecule has 0 aliphatic carbocycles. The molecule has 0 bridgehead atoms. The SMILES string of the molecule is O=C(Nc1ccc(NC(=O)c2ccc[nH]c2=O)cc1)c1ccco1. The van der Waals surface area contributed by atoms with Gasteiger partial charge in [-0.3, -0.25) is 14.4 Å². The summed E-state index contributed by atoms with van der Waals surface area (Å²) in [6.45, 7) is 0. The summed E-state index contributed by atoms with van der Waals surface area (Å²) in [6, 6.07) is 12.7. The predicted molar refractivity (Wildman–Crippen MR) is 88.1 cm³/mol. The first kappa shape index (κ1) is 15.3. The Morgan fingerprint density at radius 1 is 0.875 bits per heavy atom. The average molecular weight is 323 g/mol. The normalized spacial score (nSPS) is 10.2. The van der Waals surface area contributed by atoms with E-state index in [9.17, 15) is 14.4 Å². The largest absolute Gasteiger partial charge is 0.459 e. The first-order valence-corrected chi connectivity index (χ1v) is 7.07. The number of H-pyrrole nitrogens is 1. The van der Waals surface area contributed by atoms with Crippen molar-refractivity contribution in [2.45, 2.75) is 0 Å². The van der Waals surface area contributed by atoms with Crippen molar-refractivity contribution in [3.05, 3.63) is 82.7 Å². The van der Waals surface area contributed by atoms with E-state index in [1.165, 1.54) is 18.5 Å². The molecule has 0 aliphatic heterocycles. The predicted octanol–water partition coefficient (Wildman–Crippen LogP) is 2.47. The van der Waals surface area contributed by atoms with Gasteiger partial charge in [0.05, 0.1) is 6.26 Å². The highest BCUT2D eigenvalue weighted by Crippen LogP contribution is 2.15. The van der Waals surface area contributed by atoms with Gasteiger partial charge < -0.3 is 20.0 Å². The van der Waals surface area contributed by atoms with Crippen LogP contribution in [-0.2, 0) is 0 Å². The smallest absolute Gasteiger partial charge is 0.291 e. The van der Waals surface area contributed by atoms with Gasteiger partial charge in [0.15, 0.2) is 5.76 Å². The molecule has 120 valence electrons. The second kappa shape index (κ2) is 6.66. The van der Waals surface area contributed by atoms with Crippen molar-refractivity contribution in [2.24, 2.45) is 0 Å². The Kier molecular flexibility index (Phi) is 4.24. The van der Waals surface area contributed by atoms with Crippen molar-refractivity contribution in [3.63, 3.8) is 0 Å². The van der Waals surface area contributed by atoms with Crippen LogP contribution in [0.2, 0.25) is 0 Å². The lowest BCUT2D eigenvalue weighted by Gasteiger charge is -2.07. The number of aromatic nitrogens is 1. The summed E-state index contributed by atoms with van der Waals surface area (Å²) in [5, 5.41) is 5.28. The Hall–Kier alpha value is -3.61. The minimum atomic E-state index is -0.510. The summed E-state index contributed by atoms with van der Waals surface area (Å²) in [6.07, 6.45) is 2.87. The number of furan rings is 1. The molecule has 3 N–H and O–H groups in total. The highest BCUT2D eigenvalue weighted by molar-refractivity contribution is 6.04. The van der Waals surface area contributed by atoms with Gasteiger partial charge in [-0.25, -0.2) is 0 Å². The van der Waals surface area contributed by atoms with Crippen LogP contribution in [-0.4, -0.2) is 16.8 Å². The number of amides is 2. The van der Waals surface area contributed by atoms with Gasteiger partial charge in [-0.15, -0.1) is 0 Å². The topological polar surface area (TPSA) is 104 Å². The van der Waals surface area contributed by atoms with Crippen LogP contribution < -0.4 is 16.2 Å². The second-order valence-corrected chi connectivity index (χ2v) is 4.88. The number of carbonyl (C=O) groups is 2. The van der Waals surface area contributed by atoms with Gasteiger partial charge >= 0.3 is 0 Å². The fourth-order valence-electron chi connectivity index (χ4n) is 2.04. The molecule has 2 aromatic heterocycles. The number of carbonyl (C=O) groups excluding carboxylic acids is 2. The zero-order valence-corrected chi connectivity index (χ0v) is 12.4. The van der Waals surface area contributed by atoms with E-state index in [0.29, 0.717) is 11.4 Å². The number of benzene rings is 1. The van der Waals surface area contributed by atoms with Crippen LogP contribution >= 0.6 is 0 Å². The monoisotopic (exact) mass is 323 g/mol. The van der Waals surface area contributed by atoms with E-state index in [2.05, 4.69) is 15.6 Å². The molecule has 24 heavy (non-hydrogen) atoms. The molecule has 7 nitrogen and oxygen atoms in total. The highest BCUT2D eigenvalue weighted by Gasteiger charge is 2.11. The summed E-state index contributed by atoms with van der Waals surface area (Å²) in [4.78, 5) is 37.9. The molecule has 0 fully saturated rings. The minimum Gasteiger partial charge on any atom is -0.459 e. The number of anilines is 2. The second-order valence-electron chi connectivity index (χ2n) is 4.88. The summed E-state index contributed by atoms with van der Waals surface area (Å²) >= 11 is 0. The molecule has 0 aliphatic rings. The first-order chi connectivity index (χ1) is 11.6. The number of nitrogens with one attached hydrogen (secondary N) is 3. The standard InChI is InChI=1S/C17H13N3O4/c21-15-13(3-1-9-18-15)16(22)19-11-5-7-12(8-6-11)20-17(23)14-4-2-10-24-14/h1-10H,(H,18,21)(H,19,22)(H,20,23). The fourth-order valence-corrected chi connectivity index (χ4v) is 2.04. The zero-order chi connectivity index (χ0) is 16.9. The van der Waals surface area contributed by atoms with Crippen LogP contribution in [0.15, 0.2) is 70.2 Å². The Labute approximate surface area is 136 Å². The van der Waals surface area contributed by atoms with E-state index in [1.54, 1.807) is 42.5 Å². The Morgan fingerprint density at radius 2 is 1.54 bits per heavy atom. The minimum absolute atomic E-state index is 0.0210. The lowest BCUT2D eigenvalue weighted by atomic mass is 10.2. The van der Waals surface area contributed by atoms with E-state index in [1.807, 2.05) is 0 Å². The molecule has 0 unspecified atom stereocenters. The van der Waals surface area contributed by atoms with Gasteiger partial charge in [0.25, 0.3) is 17.4 Å². The molecule has 0 atom stereocenters. The molecule has 0 saturated heterocycles. The van der Waals surface area contributed by atoms with Gasteiger partial charge in [-0.2, -0.15) is 0 Å². The van der Waals surface area contributed by atoms with Crippen LogP contribution in [0.5, 0.6) is 0 Å². The molecular formula is C17H13N3O4. The quantitative estimate of drug-likeness (QED) is 0.686. The molecule has 3 rings (SSSR count). The third kappa shape index (κ3) is 3.41. The van der Waals surface area contributed by atoms with Crippen LogP contribution in [0.4, 0.5) is 11.4 Å². The summed E-state index contributed by atoms with van der Waals surface area (Å²) in [5.41, 5.74) is 0.608. The van der Waals surface area contributed by atoms with E-state index in [0.717, 1.165) is 0 Å². The van der Waals surface area contributed by atoms with Gasteiger partial charge in [-0.05, 0) is 48.5 Å². The van der Waals surface area contributed by atoms with Crippen molar-refractivity contribution in [1.82, 2.24) is 4.98 Å². The maximum absolute atomic E-state index is 12.0. The average Bonchev–Trinajstić information content (AvgIpc) is 3.11. The fraction of sp³-hybridized carbons (Fsp3) is 0. The van der Waals surface area contributed by atoms with Crippen LogP contribution in [0.3, 0.4) is 0 Å². The lowest BCUT2D eigenvalue weighted by molar-refractivity contribution is 0.0994. The van der Waals surface area contributed by atoms with Gasteiger partial charge in [0.1, 0.15) is 5.56 Å². The molecule has 7 heteroatoms. The Bertz CT molecular complexity index is 912. The number of rotatable bonds is 4. The first-order valence-electron chi connectivity index (χ1n) is 7.07. The third-order valence-corrected chi connectivity index (χ3v) is 3.21. The highest BCUT2D eigenvalue weighted by atomic mass is 16.3. The van der Waals surface area contributed by atoms with Crippen LogP contribution in [0, 0.1) is 0 Å².